The summed E-state index contributed by atoms with van der Waals surface area (Å²) < 4.78 is 0. The Labute approximate surface area is 75.1 Å². The van der Waals surface area contributed by atoms with Crippen molar-refractivity contribution in [1.29, 1.82) is 0 Å². The molecule has 0 N–H and O–H groups in total. The summed E-state index contributed by atoms with van der Waals surface area (Å²) in [5, 5.41) is 0. The number of allylic oxidation sites excluding steroid dienone is 3. The average Bonchev–Trinajstić information content (AvgIpc) is 1.68. The lowest BCUT2D eigenvalue weighted by Crippen LogP contribution is -1.71. The van der Waals surface area contributed by atoms with Crippen LogP contribution in [-0.2, 0) is 0 Å². The summed E-state index contributed by atoms with van der Waals surface area (Å²) in [4.78, 5) is 0. The summed E-state index contributed by atoms with van der Waals surface area (Å²) in [6.07, 6.45) is 6.33. The van der Waals surface area contributed by atoms with Gasteiger partial charge in [0.25, 0.3) is 0 Å². The Balaban J connectivity index is 0. The molecule has 9 heavy (non-hydrogen) atoms. The van der Waals surface area contributed by atoms with E-state index < -0.39 is 0 Å². The summed E-state index contributed by atoms with van der Waals surface area (Å²) >= 11 is 0. The highest BCUT2D eigenvalue weighted by atomic mass is 127. The largest absolute Gasteiger partial charge is 0.107 e. The molecule has 0 aromatic carbocycles. The normalized spacial score (nSPS) is 10.2. The summed E-state index contributed by atoms with van der Waals surface area (Å²) in [6, 6.07) is 0. The molecule has 0 radical (unpaired) electrons. The zero-order chi connectivity index (χ0) is 6.41. The number of hydrogen-bond donors (Lipinski definition) is 0. The van der Waals surface area contributed by atoms with Gasteiger partial charge < -0.3 is 0 Å². The topological polar surface area (TPSA) is 0 Å². The average molecular weight is 238 g/mol. The standard InChI is InChI=1S/C8H14.HI/c1-4-6-8(3)7-5-2;/h4,6H,1,5,7H2,2-3H3;1H/b8-6-;. The van der Waals surface area contributed by atoms with E-state index in [1.165, 1.54) is 18.4 Å². The molecule has 0 aliphatic rings. The molecule has 0 bridgehead atoms. The van der Waals surface area contributed by atoms with Crippen molar-refractivity contribution in [2.75, 3.05) is 0 Å². The molecular formula is C8H15I. The van der Waals surface area contributed by atoms with Gasteiger partial charge in [-0.15, -0.1) is 24.0 Å². The monoisotopic (exact) mass is 238 g/mol. The first-order chi connectivity index (χ1) is 3.81. The van der Waals surface area contributed by atoms with Gasteiger partial charge >= 0.3 is 0 Å². The molecule has 0 unspecified atom stereocenters. The van der Waals surface area contributed by atoms with E-state index in [4.69, 9.17) is 0 Å². The zero-order valence-electron chi connectivity index (χ0n) is 6.18. The molecule has 0 saturated carbocycles. The van der Waals surface area contributed by atoms with Crippen molar-refractivity contribution in [3.05, 3.63) is 24.3 Å². The van der Waals surface area contributed by atoms with Gasteiger partial charge in [-0.05, 0) is 13.3 Å². The highest BCUT2D eigenvalue weighted by Gasteiger charge is 1.80. The number of rotatable bonds is 3. The van der Waals surface area contributed by atoms with Crippen molar-refractivity contribution in [1.82, 2.24) is 0 Å². The maximum absolute atomic E-state index is 3.61. The predicted octanol–water partition coefficient (Wildman–Crippen LogP) is 3.54. The first kappa shape index (κ1) is 11.9. The summed E-state index contributed by atoms with van der Waals surface area (Å²) in [5.74, 6) is 0. The van der Waals surface area contributed by atoms with Gasteiger partial charge in [-0.3, -0.25) is 0 Å². The SMILES string of the molecule is C=C/C=C(/C)CCC.I. The Hall–Kier alpha value is 0.210. The van der Waals surface area contributed by atoms with Crippen LogP contribution in [0.5, 0.6) is 0 Å². The van der Waals surface area contributed by atoms with E-state index in [1.54, 1.807) is 0 Å². The van der Waals surface area contributed by atoms with Crippen molar-refractivity contribution in [2.45, 2.75) is 26.7 Å². The molecule has 0 fully saturated rings. The van der Waals surface area contributed by atoms with E-state index in [-0.39, 0.29) is 24.0 Å². The molecule has 0 atom stereocenters. The van der Waals surface area contributed by atoms with Gasteiger partial charge in [0.1, 0.15) is 0 Å². The van der Waals surface area contributed by atoms with E-state index in [0.29, 0.717) is 0 Å². The van der Waals surface area contributed by atoms with E-state index in [2.05, 4.69) is 26.5 Å². The molecule has 0 aromatic heterocycles. The molecule has 0 nitrogen and oxygen atoms in total. The van der Waals surface area contributed by atoms with Crippen molar-refractivity contribution < 1.29 is 0 Å². The minimum absolute atomic E-state index is 0. The second-order valence-electron chi connectivity index (χ2n) is 2.00. The number of hydrogen-bond acceptors (Lipinski definition) is 0. The van der Waals surface area contributed by atoms with E-state index in [1.807, 2.05) is 6.08 Å². The van der Waals surface area contributed by atoms with Gasteiger partial charge in [0.05, 0.1) is 0 Å². The lowest BCUT2D eigenvalue weighted by atomic mass is 10.2. The first-order valence-electron chi connectivity index (χ1n) is 3.09. The van der Waals surface area contributed by atoms with E-state index in [9.17, 15) is 0 Å². The van der Waals surface area contributed by atoms with Crippen LogP contribution in [0.25, 0.3) is 0 Å². The van der Waals surface area contributed by atoms with Gasteiger partial charge in [0, 0.05) is 0 Å². The number of halogens is 1. The lowest BCUT2D eigenvalue weighted by Gasteiger charge is -1.91. The minimum atomic E-state index is 0. The lowest BCUT2D eigenvalue weighted by molar-refractivity contribution is 0.906. The first-order valence-corrected chi connectivity index (χ1v) is 3.09. The molecule has 0 aliphatic heterocycles. The van der Waals surface area contributed by atoms with Crippen LogP contribution >= 0.6 is 24.0 Å². The zero-order valence-corrected chi connectivity index (χ0v) is 8.51. The fourth-order valence-corrected chi connectivity index (χ4v) is 0.679. The Morgan fingerprint density at radius 2 is 2.11 bits per heavy atom. The minimum Gasteiger partial charge on any atom is -0.107 e. The fraction of sp³-hybridized carbons (Fsp3) is 0.500. The molecule has 0 aromatic rings. The molecule has 0 amide bonds. The second kappa shape index (κ2) is 8.21. The van der Waals surface area contributed by atoms with Gasteiger partial charge in [-0.25, -0.2) is 0 Å². The third-order valence-electron chi connectivity index (χ3n) is 1.05. The Kier molecular flexibility index (Phi) is 10.9. The second-order valence-corrected chi connectivity index (χ2v) is 2.00. The Morgan fingerprint density at radius 3 is 2.44 bits per heavy atom. The van der Waals surface area contributed by atoms with Crippen LogP contribution in [0.4, 0.5) is 0 Å². The molecule has 0 aliphatic carbocycles. The van der Waals surface area contributed by atoms with Crippen LogP contribution in [0.2, 0.25) is 0 Å². The highest BCUT2D eigenvalue weighted by Crippen LogP contribution is 2.01. The van der Waals surface area contributed by atoms with E-state index >= 15 is 0 Å². The van der Waals surface area contributed by atoms with Crippen LogP contribution in [0.15, 0.2) is 24.3 Å². The van der Waals surface area contributed by atoms with Crippen molar-refractivity contribution in [3.63, 3.8) is 0 Å². The molecular weight excluding hydrogens is 223 g/mol. The fourth-order valence-electron chi connectivity index (χ4n) is 0.679. The Morgan fingerprint density at radius 1 is 1.56 bits per heavy atom. The molecule has 54 valence electrons. The maximum atomic E-state index is 3.61. The van der Waals surface area contributed by atoms with Crippen LogP contribution in [-0.4, -0.2) is 0 Å². The van der Waals surface area contributed by atoms with Crippen LogP contribution in [0.3, 0.4) is 0 Å². The van der Waals surface area contributed by atoms with Crippen LogP contribution in [0, 0.1) is 0 Å². The smallest absolute Gasteiger partial charge is 0.0323 e. The molecule has 1 heteroatoms. The summed E-state index contributed by atoms with van der Waals surface area (Å²) in [6.45, 7) is 7.92. The van der Waals surface area contributed by atoms with Gasteiger partial charge in [-0.2, -0.15) is 0 Å². The highest BCUT2D eigenvalue weighted by molar-refractivity contribution is 14.0. The van der Waals surface area contributed by atoms with E-state index in [0.717, 1.165) is 0 Å². The van der Waals surface area contributed by atoms with Gasteiger partial charge in [0.15, 0.2) is 0 Å². The molecule has 0 saturated heterocycles. The van der Waals surface area contributed by atoms with Crippen molar-refractivity contribution in [3.8, 4) is 0 Å². The van der Waals surface area contributed by atoms with Crippen molar-refractivity contribution >= 4 is 24.0 Å². The van der Waals surface area contributed by atoms with Crippen LogP contribution < -0.4 is 0 Å². The summed E-state index contributed by atoms with van der Waals surface area (Å²) in [7, 11) is 0. The Bertz CT molecular complexity index is 92.7. The van der Waals surface area contributed by atoms with Crippen molar-refractivity contribution in [2.24, 2.45) is 0 Å². The third kappa shape index (κ3) is 8.21. The molecule has 0 spiro atoms. The van der Waals surface area contributed by atoms with Gasteiger partial charge in [-0.1, -0.05) is 37.6 Å². The third-order valence-corrected chi connectivity index (χ3v) is 1.05. The molecule has 0 heterocycles. The quantitative estimate of drug-likeness (QED) is 0.521. The predicted molar refractivity (Wildman–Crippen MR) is 54.3 cm³/mol. The summed E-state index contributed by atoms with van der Waals surface area (Å²) in [5.41, 5.74) is 1.42. The maximum Gasteiger partial charge on any atom is -0.0323 e. The van der Waals surface area contributed by atoms with Gasteiger partial charge in [0.2, 0.25) is 0 Å². The molecule has 0 rings (SSSR count). The van der Waals surface area contributed by atoms with Crippen LogP contribution in [0.1, 0.15) is 26.7 Å².